The molecule has 0 aliphatic carbocycles. The molecule has 0 fully saturated rings. The molecule has 0 aliphatic rings. The molecule has 5 nitrogen and oxygen atoms in total. The predicted octanol–water partition coefficient (Wildman–Crippen LogP) is -1.03. The Morgan fingerprint density at radius 2 is 1.67 bits per heavy atom. The van der Waals surface area contributed by atoms with Gasteiger partial charge in [0.2, 0.25) is 7.83 Å². The van der Waals surface area contributed by atoms with Crippen LogP contribution < -0.4 is 0 Å². The Labute approximate surface area is 97.1 Å². The van der Waals surface area contributed by atoms with Crippen molar-refractivity contribution in [1.29, 1.82) is 0 Å². The van der Waals surface area contributed by atoms with Crippen LogP contribution in [0.15, 0.2) is 0 Å². The highest BCUT2D eigenvalue weighted by molar-refractivity contribution is 7.62. The van der Waals surface area contributed by atoms with E-state index in [1.54, 1.807) is 13.1 Å². The summed E-state index contributed by atoms with van der Waals surface area (Å²) in [6.45, 7) is 7.37. The van der Waals surface area contributed by atoms with E-state index in [0.29, 0.717) is 0 Å². The van der Waals surface area contributed by atoms with Crippen molar-refractivity contribution < 1.29 is 22.0 Å². The molecule has 0 rings (SSSR count). The lowest BCUT2D eigenvalue weighted by Crippen LogP contribution is -2.54. The molecule has 0 saturated heterocycles. The molecular formula is C4H14O5Si6. The van der Waals surface area contributed by atoms with E-state index in [1.807, 2.05) is 13.1 Å². The Morgan fingerprint density at radius 1 is 1.20 bits per heavy atom. The summed E-state index contributed by atoms with van der Waals surface area (Å²) >= 11 is 0. The molecule has 0 unspecified atom stereocenters. The van der Waals surface area contributed by atoms with Crippen LogP contribution in [-0.4, -0.2) is 49.0 Å². The summed E-state index contributed by atoms with van der Waals surface area (Å²) in [7, 11) is -13.1. The Morgan fingerprint density at radius 3 is 2.00 bits per heavy atom. The summed E-state index contributed by atoms with van der Waals surface area (Å²) < 4.78 is 50.6. The van der Waals surface area contributed by atoms with Crippen LogP contribution in [0.2, 0.25) is 26.2 Å². The molecule has 0 aliphatic heterocycles. The van der Waals surface area contributed by atoms with Gasteiger partial charge in [0.25, 0.3) is 0 Å². The first-order valence-corrected chi connectivity index (χ1v) is 19.7. The largest absolute Gasteiger partial charge is 0.456 e. The molecule has 0 atom stereocenters. The highest BCUT2D eigenvalue weighted by Crippen LogP contribution is 2.06. The van der Waals surface area contributed by atoms with Gasteiger partial charge in [-0.05, 0) is 26.2 Å². The molecule has 0 amide bonds. The van der Waals surface area contributed by atoms with Crippen molar-refractivity contribution in [2.45, 2.75) is 26.2 Å². The summed E-state index contributed by atoms with van der Waals surface area (Å²) in [5, 5.41) is 0. The van der Waals surface area contributed by atoms with Crippen molar-refractivity contribution in [2.24, 2.45) is 0 Å². The highest BCUT2D eigenvalue weighted by atomic mass is 29.9. The first-order valence-electron chi connectivity index (χ1n) is 4.48. The number of rotatable bonds is 6. The van der Waals surface area contributed by atoms with Gasteiger partial charge in [-0.25, -0.2) is 0 Å². The normalized spacial score (nSPS) is 11.3. The maximum Gasteiger partial charge on any atom is 0.376 e. The topological polar surface area (TPSA) is 77.5 Å². The Hall–Kier alpha value is 0.461. The van der Waals surface area contributed by atoms with E-state index in [-0.39, 0.29) is 0 Å². The van der Waals surface area contributed by atoms with Gasteiger partial charge in [0, 0.05) is 0 Å². The van der Waals surface area contributed by atoms with Crippen molar-refractivity contribution in [2.75, 3.05) is 0 Å². The van der Waals surface area contributed by atoms with Gasteiger partial charge in [0.05, 0.1) is 0 Å². The average molecular weight is 311 g/mol. The maximum absolute atomic E-state index is 11.9. The zero-order valence-electron chi connectivity index (χ0n) is 9.20. The van der Waals surface area contributed by atoms with Crippen molar-refractivity contribution in [1.82, 2.24) is 0 Å². The standard InChI is InChI=1S/C4H14O5Si6/c1-11(2)9-15(3,4)14(8)13(7)12(6)10-5/h10-11H,1-4H3. The fraction of sp³-hybridized carbons (Fsp3) is 1.00. The van der Waals surface area contributed by atoms with Crippen LogP contribution >= 0.6 is 0 Å². The molecule has 15 heavy (non-hydrogen) atoms. The molecule has 0 bridgehead atoms. The first-order chi connectivity index (χ1) is 6.72. The molecule has 0 N–H and O–H groups in total. The molecule has 0 heterocycles. The van der Waals surface area contributed by atoms with Crippen molar-refractivity contribution >= 4 is 49.0 Å². The van der Waals surface area contributed by atoms with Gasteiger partial charge in [-0.1, -0.05) is 0 Å². The van der Waals surface area contributed by atoms with Gasteiger partial charge in [-0.3, -0.25) is 0 Å². The minimum absolute atomic E-state index is 1.33. The quantitative estimate of drug-likeness (QED) is 0.586. The van der Waals surface area contributed by atoms with E-state index >= 15 is 0 Å². The van der Waals surface area contributed by atoms with Crippen LogP contribution in [0.5, 0.6) is 0 Å². The summed E-state index contributed by atoms with van der Waals surface area (Å²) in [6, 6.07) is 0. The summed E-state index contributed by atoms with van der Waals surface area (Å²) in [5.74, 6) is 0. The second kappa shape index (κ2) is 6.26. The SMILES string of the molecule is C[SiH](C)O[Si](C)(C)[Si](=O)[Si](=O)[Si](=O)[SiH]=O. The lowest BCUT2D eigenvalue weighted by Gasteiger charge is -2.21. The van der Waals surface area contributed by atoms with Crippen molar-refractivity contribution in [3.05, 3.63) is 0 Å². The monoisotopic (exact) mass is 310 g/mol. The summed E-state index contributed by atoms with van der Waals surface area (Å²) in [5.41, 5.74) is 0. The van der Waals surface area contributed by atoms with E-state index in [0.717, 1.165) is 0 Å². The third-order valence-corrected chi connectivity index (χ3v) is 35.6. The molecule has 0 spiro atoms. The Kier molecular flexibility index (Phi) is 6.45. The van der Waals surface area contributed by atoms with Crippen LogP contribution in [0.1, 0.15) is 0 Å². The zero-order chi connectivity index (χ0) is 12.2. The predicted molar refractivity (Wildman–Crippen MR) is 64.6 cm³/mol. The molecule has 0 radical (unpaired) electrons. The molecule has 0 aromatic heterocycles. The van der Waals surface area contributed by atoms with Crippen molar-refractivity contribution in [3.8, 4) is 0 Å². The minimum atomic E-state index is -2.67. The van der Waals surface area contributed by atoms with Gasteiger partial charge in [0.1, 0.15) is 0 Å². The molecule has 11 heteroatoms. The fourth-order valence-electron chi connectivity index (χ4n) is 1.08. The Bertz CT molecular complexity index is 311. The Balaban J connectivity index is 4.76. The second-order valence-corrected chi connectivity index (χ2v) is 29.7. The molecule has 0 aromatic rings. The van der Waals surface area contributed by atoms with Gasteiger partial charge in [-0.2, -0.15) is 0 Å². The minimum Gasteiger partial charge on any atom is -0.456 e. The van der Waals surface area contributed by atoms with Crippen LogP contribution in [0.3, 0.4) is 0 Å². The van der Waals surface area contributed by atoms with E-state index in [9.17, 15) is 17.8 Å². The van der Waals surface area contributed by atoms with Gasteiger partial charge >= 0.3 is 32.1 Å². The third-order valence-electron chi connectivity index (χ3n) is 1.61. The number of hydrogen-bond acceptors (Lipinski definition) is 5. The zero-order valence-corrected chi connectivity index (χ0v) is 15.5. The summed E-state index contributed by atoms with van der Waals surface area (Å²) in [6.07, 6.45) is 0. The first kappa shape index (κ1) is 15.5. The van der Waals surface area contributed by atoms with E-state index in [2.05, 4.69) is 0 Å². The maximum atomic E-state index is 11.9. The lowest BCUT2D eigenvalue weighted by molar-refractivity contribution is 0.538. The average Bonchev–Trinajstić information content (AvgIpc) is 2.12. The molecule has 0 saturated carbocycles. The summed E-state index contributed by atoms with van der Waals surface area (Å²) in [4.78, 5) is 0. The molecule has 84 valence electrons. The van der Waals surface area contributed by atoms with Gasteiger partial charge in [-0.15, -0.1) is 0 Å². The lowest BCUT2D eigenvalue weighted by atomic mass is 11.9. The number of hydrogen-bond donors (Lipinski definition) is 0. The van der Waals surface area contributed by atoms with Gasteiger partial charge in [0.15, 0.2) is 9.04 Å². The van der Waals surface area contributed by atoms with Crippen LogP contribution in [0.4, 0.5) is 0 Å². The smallest absolute Gasteiger partial charge is 0.376 e. The van der Waals surface area contributed by atoms with E-state index < -0.39 is 49.0 Å². The highest BCUT2D eigenvalue weighted by Gasteiger charge is 2.44. The van der Waals surface area contributed by atoms with Crippen molar-refractivity contribution in [3.63, 3.8) is 0 Å². The second-order valence-electron chi connectivity index (χ2n) is 3.82. The molecule has 0 aromatic carbocycles. The van der Waals surface area contributed by atoms with E-state index in [1.165, 1.54) is 0 Å². The third kappa shape index (κ3) is 4.88. The van der Waals surface area contributed by atoms with Gasteiger partial charge < -0.3 is 22.0 Å². The molecular weight excluding hydrogens is 297 g/mol. The fourth-order valence-corrected chi connectivity index (χ4v) is 42.8. The van der Waals surface area contributed by atoms with Crippen LogP contribution in [-0.2, 0) is 22.0 Å². The van der Waals surface area contributed by atoms with Crippen LogP contribution in [0, 0.1) is 0 Å². The van der Waals surface area contributed by atoms with Crippen LogP contribution in [0.25, 0.3) is 0 Å². The van der Waals surface area contributed by atoms with E-state index in [4.69, 9.17) is 4.12 Å².